The molecule has 2 heterocycles. The van der Waals surface area contributed by atoms with Gasteiger partial charge in [-0.15, -0.1) is 0 Å². The second-order valence-electron chi connectivity index (χ2n) is 5.01. The van der Waals surface area contributed by atoms with Crippen molar-refractivity contribution < 1.29 is 4.79 Å². The van der Waals surface area contributed by atoms with Crippen LogP contribution in [-0.4, -0.2) is 26.2 Å². The number of halogens is 1. The summed E-state index contributed by atoms with van der Waals surface area (Å²) in [6.45, 7) is 0.247. The topological polar surface area (TPSA) is 90.9 Å². The van der Waals surface area contributed by atoms with E-state index in [4.69, 9.17) is 17.3 Å². The van der Waals surface area contributed by atoms with E-state index in [2.05, 4.69) is 9.97 Å². The van der Waals surface area contributed by atoms with Gasteiger partial charge in [0.1, 0.15) is 0 Å². The van der Waals surface area contributed by atoms with Crippen molar-refractivity contribution in [1.82, 2.24) is 14.5 Å². The minimum atomic E-state index is -0.486. The van der Waals surface area contributed by atoms with Crippen LogP contribution in [0.3, 0.4) is 0 Å². The standard InChI is InChI=1S/C16H13ClN4O2S/c17-12-6-2-1-4-10(12)8-21-15(23)11-5-3-7-19-14(11)20-16(21)24-9-13(18)22/h1-7H,8-9H2,(H2,18,22). The average Bonchev–Trinajstić information content (AvgIpc) is 2.57. The van der Waals surface area contributed by atoms with Gasteiger partial charge in [-0.05, 0) is 23.8 Å². The van der Waals surface area contributed by atoms with Crippen molar-refractivity contribution in [3.05, 3.63) is 63.5 Å². The second-order valence-corrected chi connectivity index (χ2v) is 6.36. The summed E-state index contributed by atoms with van der Waals surface area (Å²) < 4.78 is 1.48. The van der Waals surface area contributed by atoms with E-state index in [0.29, 0.717) is 21.2 Å². The first-order valence-electron chi connectivity index (χ1n) is 7.06. The van der Waals surface area contributed by atoms with E-state index in [0.717, 1.165) is 17.3 Å². The molecule has 0 aliphatic heterocycles. The number of pyridine rings is 1. The first-order chi connectivity index (χ1) is 11.6. The van der Waals surface area contributed by atoms with Gasteiger partial charge in [0.2, 0.25) is 5.91 Å². The van der Waals surface area contributed by atoms with Crippen molar-refractivity contribution in [2.75, 3.05) is 5.75 Å². The summed E-state index contributed by atoms with van der Waals surface area (Å²) in [7, 11) is 0. The van der Waals surface area contributed by atoms with Crippen LogP contribution in [-0.2, 0) is 11.3 Å². The number of hydrogen-bond donors (Lipinski definition) is 1. The quantitative estimate of drug-likeness (QED) is 0.555. The van der Waals surface area contributed by atoms with Gasteiger partial charge < -0.3 is 5.73 Å². The summed E-state index contributed by atoms with van der Waals surface area (Å²) in [6.07, 6.45) is 1.57. The molecular weight excluding hydrogens is 348 g/mol. The zero-order valence-electron chi connectivity index (χ0n) is 12.5. The Bertz CT molecular complexity index is 974. The third-order valence-electron chi connectivity index (χ3n) is 3.32. The molecule has 24 heavy (non-hydrogen) atoms. The third kappa shape index (κ3) is 3.42. The lowest BCUT2D eigenvalue weighted by Crippen LogP contribution is -2.25. The molecule has 0 spiro atoms. The van der Waals surface area contributed by atoms with Crippen molar-refractivity contribution >= 4 is 40.3 Å². The number of rotatable bonds is 5. The molecule has 6 nitrogen and oxygen atoms in total. The molecule has 0 saturated carbocycles. The molecule has 0 aliphatic carbocycles. The number of fused-ring (bicyclic) bond motifs is 1. The Morgan fingerprint density at radius 2 is 2.04 bits per heavy atom. The monoisotopic (exact) mass is 360 g/mol. The van der Waals surface area contributed by atoms with Gasteiger partial charge in [0.05, 0.1) is 17.7 Å². The number of carbonyl (C=O) groups excluding carboxylic acids is 1. The first kappa shape index (κ1) is 16.5. The fourth-order valence-corrected chi connectivity index (χ4v) is 3.14. The molecule has 0 unspecified atom stereocenters. The molecule has 0 radical (unpaired) electrons. The number of benzene rings is 1. The second kappa shape index (κ2) is 7.02. The van der Waals surface area contributed by atoms with E-state index in [1.54, 1.807) is 24.4 Å². The average molecular weight is 361 g/mol. The molecule has 2 N–H and O–H groups in total. The minimum absolute atomic E-state index is 0.0211. The van der Waals surface area contributed by atoms with Gasteiger partial charge in [-0.2, -0.15) is 0 Å². The maximum atomic E-state index is 12.8. The molecule has 0 bridgehead atoms. The zero-order chi connectivity index (χ0) is 17.1. The van der Waals surface area contributed by atoms with Gasteiger partial charge in [-0.1, -0.05) is 41.6 Å². The number of primary amides is 1. The summed E-state index contributed by atoms with van der Waals surface area (Å²) in [4.78, 5) is 32.4. The maximum Gasteiger partial charge on any atom is 0.263 e. The Morgan fingerprint density at radius 3 is 2.79 bits per heavy atom. The van der Waals surface area contributed by atoms with Crippen molar-refractivity contribution in [1.29, 1.82) is 0 Å². The Hall–Kier alpha value is -2.38. The summed E-state index contributed by atoms with van der Waals surface area (Å²) in [6, 6.07) is 10.6. The van der Waals surface area contributed by atoms with Crippen LogP contribution in [0, 0.1) is 0 Å². The van der Waals surface area contributed by atoms with Crippen LogP contribution in [0.5, 0.6) is 0 Å². The van der Waals surface area contributed by atoms with Gasteiger partial charge in [0, 0.05) is 11.2 Å². The highest BCUT2D eigenvalue weighted by Crippen LogP contribution is 2.20. The van der Waals surface area contributed by atoms with Crippen LogP contribution in [0.4, 0.5) is 0 Å². The molecule has 122 valence electrons. The minimum Gasteiger partial charge on any atom is -0.369 e. The molecule has 0 aliphatic rings. The van der Waals surface area contributed by atoms with Gasteiger partial charge in [-0.25, -0.2) is 9.97 Å². The number of hydrogen-bond acceptors (Lipinski definition) is 5. The third-order valence-corrected chi connectivity index (χ3v) is 4.69. The number of carbonyl (C=O) groups is 1. The lowest BCUT2D eigenvalue weighted by molar-refractivity contribution is -0.115. The van der Waals surface area contributed by atoms with Gasteiger partial charge in [0.15, 0.2) is 10.8 Å². The van der Waals surface area contributed by atoms with Crippen LogP contribution in [0.15, 0.2) is 52.5 Å². The van der Waals surface area contributed by atoms with E-state index in [1.165, 1.54) is 4.57 Å². The van der Waals surface area contributed by atoms with E-state index < -0.39 is 5.91 Å². The van der Waals surface area contributed by atoms with Gasteiger partial charge in [-0.3, -0.25) is 14.2 Å². The first-order valence-corrected chi connectivity index (χ1v) is 8.42. The van der Waals surface area contributed by atoms with Crippen molar-refractivity contribution in [2.24, 2.45) is 5.73 Å². The Morgan fingerprint density at radius 1 is 1.25 bits per heavy atom. The van der Waals surface area contributed by atoms with Crippen LogP contribution in [0.2, 0.25) is 5.02 Å². The van der Waals surface area contributed by atoms with E-state index >= 15 is 0 Å². The molecule has 3 rings (SSSR count). The number of nitrogens with zero attached hydrogens (tertiary/aromatic N) is 3. The highest BCUT2D eigenvalue weighted by Gasteiger charge is 2.14. The SMILES string of the molecule is NC(=O)CSc1nc2ncccc2c(=O)n1Cc1ccccc1Cl. The fraction of sp³-hybridized carbons (Fsp3) is 0.125. The maximum absolute atomic E-state index is 12.8. The largest absolute Gasteiger partial charge is 0.369 e. The summed E-state index contributed by atoms with van der Waals surface area (Å²) in [5.41, 5.74) is 6.09. The van der Waals surface area contributed by atoms with E-state index in [-0.39, 0.29) is 17.9 Å². The fourth-order valence-electron chi connectivity index (χ4n) is 2.22. The molecule has 0 atom stereocenters. The van der Waals surface area contributed by atoms with Crippen LogP contribution >= 0.6 is 23.4 Å². The molecule has 3 aromatic rings. The lowest BCUT2D eigenvalue weighted by atomic mass is 10.2. The van der Waals surface area contributed by atoms with E-state index in [1.807, 2.05) is 18.2 Å². The van der Waals surface area contributed by atoms with Gasteiger partial charge in [0.25, 0.3) is 5.56 Å². The molecule has 1 amide bonds. The predicted molar refractivity (Wildman–Crippen MR) is 94.3 cm³/mol. The Balaban J connectivity index is 2.14. The smallest absolute Gasteiger partial charge is 0.263 e. The van der Waals surface area contributed by atoms with E-state index in [9.17, 15) is 9.59 Å². The molecule has 8 heteroatoms. The molecular formula is C16H13ClN4O2S. The number of amides is 1. The summed E-state index contributed by atoms with van der Waals surface area (Å²) in [5, 5.41) is 1.35. The summed E-state index contributed by atoms with van der Waals surface area (Å²) in [5.74, 6) is -0.465. The van der Waals surface area contributed by atoms with Crippen LogP contribution in [0.1, 0.15) is 5.56 Å². The van der Waals surface area contributed by atoms with Crippen molar-refractivity contribution in [3.8, 4) is 0 Å². The zero-order valence-corrected chi connectivity index (χ0v) is 14.0. The number of thioether (sulfide) groups is 1. The van der Waals surface area contributed by atoms with Crippen molar-refractivity contribution in [3.63, 3.8) is 0 Å². The lowest BCUT2D eigenvalue weighted by Gasteiger charge is -2.13. The number of nitrogens with two attached hydrogens (primary N) is 1. The Kier molecular flexibility index (Phi) is 4.82. The predicted octanol–water partition coefficient (Wildman–Crippen LogP) is 2.07. The Labute approximate surface area is 146 Å². The normalized spacial score (nSPS) is 10.9. The molecule has 0 fully saturated rings. The van der Waals surface area contributed by atoms with Gasteiger partial charge >= 0.3 is 0 Å². The number of aromatic nitrogens is 3. The highest BCUT2D eigenvalue weighted by molar-refractivity contribution is 7.99. The highest BCUT2D eigenvalue weighted by atomic mass is 35.5. The van der Waals surface area contributed by atoms with Crippen LogP contribution in [0.25, 0.3) is 11.0 Å². The molecule has 0 saturated heterocycles. The summed E-state index contributed by atoms with van der Waals surface area (Å²) >= 11 is 7.30. The van der Waals surface area contributed by atoms with Crippen LogP contribution < -0.4 is 11.3 Å². The van der Waals surface area contributed by atoms with Crippen molar-refractivity contribution in [2.45, 2.75) is 11.7 Å². The molecule has 1 aromatic carbocycles. The molecule has 2 aromatic heterocycles.